The molecular weight excluding hydrogens is 465 g/mol. The first-order chi connectivity index (χ1) is 13.3. The Balaban J connectivity index is 1.69. The summed E-state index contributed by atoms with van der Waals surface area (Å²) >= 11 is 15.7. The third-order valence-electron chi connectivity index (χ3n) is 4.58. The number of aryl methyl sites for hydroxylation is 2. The normalized spacial score (nSPS) is 11.1. The molecule has 0 bridgehead atoms. The van der Waals surface area contributed by atoms with Crippen LogP contribution in [0.15, 0.2) is 28.9 Å². The van der Waals surface area contributed by atoms with Crippen molar-refractivity contribution in [2.24, 2.45) is 0 Å². The van der Waals surface area contributed by atoms with Crippen LogP contribution in [-0.4, -0.2) is 25.5 Å². The lowest BCUT2D eigenvalue weighted by Crippen LogP contribution is -2.16. The van der Waals surface area contributed by atoms with Gasteiger partial charge in [0.15, 0.2) is 0 Å². The van der Waals surface area contributed by atoms with E-state index >= 15 is 0 Å². The Kier molecular flexibility index (Phi) is 6.47. The highest BCUT2D eigenvalue weighted by atomic mass is 79.9. The van der Waals surface area contributed by atoms with Gasteiger partial charge in [-0.2, -0.15) is 10.2 Å². The van der Waals surface area contributed by atoms with Crippen molar-refractivity contribution in [1.82, 2.24) is 19.6 Å². The van der Waals surface area contributed by atoms with Crippen molar-refractivity contribution >= 4 is 50.7 Å². The average Bonchev–Trinajstić information content (AvgIpc) is 3.09. The maximum Gasteiger partial charge on any atom is 0.226 e. The number of aromatic nitrogens is 4. The molecule has 1 N–H and O–H groups in total. The van der Waals surface area contributed by atoms with E-state index in [1.807, 2.05) is 31.5 Å². The highest BCUT2D eigenvalue weighted by Crippen LogP contribution is 2.25. The van der Waals surface area contributed by atoms with E-state index in [1.165, 1.54) is 0 Å². The Morgan fingerprint density at radius 1 is 1.18 bits per heavy atom. The second-order valence-electron chi connectivity index (χ2n) is 6.54. The predicted molar refractivity (Wildman–Crippen MR) is 115 cm³/mol. The van der Waals surface area contributed by atoms with Crippen molar-refractivity contribution in [3.05, 3.63) is 61.6 Å². The number of amides is 1. The lowest BCUT2D eigenvalue weighted by molar-refractivity contribution is -0.116. The van der Waals surface area contributed by atoms with Gasteiger partial charge in [-0.3, -0.25) is 14.2 Å². The molecule has 0 aliphatic carbocycles. The van der Waals surface area contributed by atoms with Crippen LogP contribution in [0.2, 0.25) is 10.0 Å². The molecule has 0 atom stereocenters. The third-order valence-corrected chi connectivity index (χ3v) is 5.94. The zero-order chi connectivity index (χ0) is 20.4. The van der Waals surface area contributed by atoms with Crippen LogP contribution in [0.4, 0.5) is 5.69 Å². The molecule has 0 fully saturated rings. The maximum atomic E-state index is 12.4. The number of carbonyl (C=O) groups excluding carboxylic acids is 1. The fourth-order valence-corrected chi connectivity index (χ4v) is 3.67. The fraction of sp³-hybridized carbons (Fsp3) is 0.316. The summed E-state index contributed by atoms with van der Waals surface area (Å²) < 4.78 is 4.56. The molecule has 0 saturated carbocycles. The number of carbonyl (C=O) groups is 1. The fourth-order valence-electron chi connectivity index (χ4n) is 2.90. The summed E-state index contributed by atoms with van der Waals surface area (Å²) in [5, 5.41) is 12.9. The van der Waals surface area contributed by atoms with E-state index in [0.717, 1.165) is 32.8 Å². The van der Waals surface area contributed by atoms with Gasteiger partial charge >= 0.3 is 0 Å². The molecular formula is C19H20BrCl2N5O. The van der Waals surface area contributed by atoms with E-state index in [-0.39, 0.29) is 5.91 Å². The number of anilines is 1. The van der Waals surface area contributed by atoms with Crippen LogP contribution < -0.4 is 5.32 Å². The maximum absolute atomic E-state index is 12.4. The van der Waals surface area contributed by atoms with Crippen LogP contribution >= 0.6 is 39.1 Å². The summed E-state index contributed by atoms with van der Waals surface area (Å²) in [6.07, 6.45) is 2.05. The van der Waals surface area contributed by atoms with E-state index in [1.54, 1.807) is 23.0 Å². The Morgan fingerprint density at radius 2 is 1.93 bits per heavy atom. The van der Waals surface area contributed by atoms with Gasteiger partial charge < -0.3 is 5.32 Å². The predicted octanol–water partition coefficient (Wildman–Crippen LogP) is 5.15. The Hall–Kier alpha value is -1.83. The van der Waals surface area contributed by atoms with Gasteiger partial charge in [0.05, 0.1) is 40.8 Å². The molecule has 0 spiro atoms. The Bertz CT molecular complexity index is 1030. The highest BCUT2D eigenvalue weighted by molar-refractivity contribution is 9.10. The zero-order valence-corrected chi connectivity index (χ0v) is 18.9. The van der Waals surface area contributed by atoms with Crippen molar-refractivity contribution in [3.63, 3.8) is 0 Å². The van der Waals surface area contributed by atoms with Crippen molar-refractivity contribution in [2.75, 3.05) is 5.32 Å². The second-order valence-corrected chi connectivity index (χ2v) is 8.24. The molecule has 1 aromatic carbocycles. The minimum absolute atomic E-state index is 0.0821. The molecule has 2 heterocycles. The Labute approximate surface area is 182 Å². The van der Waals surface area contributed by atoms with E-state index in [9.17, 15) is 4.79 Å². The number of nitrogens with one attached hydrogen (secondary N) is 1. The Morgan fingerprint density at radius 3 is 2.57 bits per heavy atom. The summed E-state index contributed by atoms with van der Waals surface area (Å²) in [4.78, 5) is 12.4. The van der Waals surface area contributed by atoms with Gasteiger partial charge in [-0.1, -0.05) is 29.3 Å². The van der Waals surface area contributed by atoms with Crippen molar-refractivity contribution in [2.45, 2.75) is 40.3 Å². The number of halogens is 3. The van der Waals surface area contributed by atoms with Gasteiger partial charge in [-0.05, 0) is 54.4 Å². The van der Waals surface area contributed by atoms with Crippen molar-refractivity contribution in [3.8, 4) is 0 Å². The molecule has 2 aromatic heterocycles. The summed E-state index contributed by atoms with van der Waals surface area (Å²) in [7, 11) is 0. The van der Waals surface area contributed by atoms with Crippen LogP contribution in [0.5, 0.6) is 0 Å². The smallest absolute Gasteiger partial charge is 0.226 e. The zero-order valence-electron chi connectivity index (χ0n) is 15.8. The number of hydrogen-bond acceptors (Lipinski definition) is 3. The highest BCUT2D eigenvalue weighted by Gasteiger charge is 2.16. The van der Waals surface area contributed by atoms with E-state index in [4.69, 9.17) is 23.2 Å². The summed E-state index contributed by atoms with van der Waals surface area (Å²) in [6, 6.07) is 5.39. The standard InChI is InChI=1S/C19H20BrCl2N5O/c1-11-19(24-18(28)6-7-26-12(2)16(20)9-23-26)13(3)27(25-11)10-14-4-5-15(21)8-17(14)22/h4-5,8-9H,6-7,10H2,1-3H3,(H,24,28). The lowest BCUT2D eigenvalue weighted by atomic mass is 10.2. The van der Waals surface area contributed by atoms with Crippen LogP contribution in [0.1, 0.15) is 29.1 Å². The molecule has 148 valence electrons. The van der Waals surface area contributed by atoms with Crippen LogP contribution in [0.25, 0.3) is 0 Å². The minimum atomic E-state index is -0.0821. The number of rotatable bonds is 6. The molecule has 3 rings (SSSR count). The monoisotopic (exact) mass is 483 g/mol. The van der Waals surface area contributed by atoms with Gasteiger partial charge in [0.25, 0.3) is 0 Å². The van der Waals surface area contributed by atoms with Gasteiger partial charge in [0.2, 0.25) is 5.91 Å². The first-order valence-electron chi connectivity index (χ1n) is 8.72. The van der Waals surface area contributed by atoms with Crippen molar-refractivity contribution < 1.29 is 4.79 Å². The molecule has 0 unspecified atom stereocenters. The molecule has 0 aliphatic heterocycles. The van der Waals surface area contributed by atoms with Crippen LogP contribution in [0.3, 0.4) is 0 Å². The lowest BCUT2D eigenvalue weighted by Gasteiger charge is -2.09. The van der Waals surface area contributed by atoms with Gasteiger partial charge in [-0.25, -0.2) is 0 Å². The van der Waals surface area contributed by atoms with E-state index < -0.39 is 0 Å². The average molecular weight is 485 g/mol. The molecule has 6 nitrogen and oxygen atoms in total. The number of nitrogens with zero attached hydrogens (tertiary/aromatic N) is 4. The molecule has 0 saturated heterocycles. The molecule has 0 aliphatic rings. The first-order valence-corrected chi connectivity index (χ1v) is 10.3. The number of hydrogen-bond donors (Lipinski definition) is 1. The molecule has 9 heteroatoms. The van der Waals surface area contributed by atoms with Gasteiger partial charge in [0, 0.05) is 22.2 Å². The third kappa shape index (κ3) is 4.59. The molecule has 3 aromatic rings. The van der Waals surface area contributed by atoms with E-state index in [2.05, 4.69) is 31.4 Å². The van der Waals surface area contributed by atoms with Gasteiger partial charge in [-0.15, -0.1) is 0 Å². The van der Waals surface area contributed by atoms with Crippen molar-refractivity contribution in [1.29, 1.82) is 0 Å². The van der Waals surface area contributed by atoms with E-state index in [0.29, 0.717) is 29.6 Å². The summed E-state index contributed by atoms with van der Waals surface area (Å²) in [6.45, 7) is 6.76. The topological polar surface area (TPSA) is 64.7 Å². The molecule has 28 heavy (non-hydrogen) atoms. The largest absolute Gasteiger partial charge is 0.323 e. The summed E-state index contributed by atoms with van der Waals surface area (Å²) in [5.41, 5.74) is 4.26. The molecule has 0 radical (unpaired) electrons. The minimum Gasteiger partial charge on any atom is -0.323 e. The SMILES string of the molecule is Cc1nn(Cc2ccc(Cl)cc2Cl)c(C)c1NC(=O)CCn1ncc(Br)c1C. The second kappa shape index (κ2) is 8.68. The molecule has 1 amide bonds. The van der Waals surface area contributed by atoms with Crippen LogP contribution in [0, 0.1) is 20.8 Å². The first kappa shape index (κ1) is 20.9. The van der Waals surface area contributed by atoms with Gasteiger partial charge in [0.1, 0.15) is 0 Å². The summed E-state index contributed by atoms with van der Waals surface area (Å²) in [5.74, 6) is -0.0821. The quantitative estimate of drug-likeness (QED) is 0.526. The number of benzene rings is 1. The van der Waals surface area contributed by atoms with Crippen LogP contribution in [-0.2, 0) is 17.9 Å².